The van der Waals surface area contributed by atoms with Crippen molar-refractivity contribution >= 4 is 16.0 Å². The Kier molecular flexibility index (Phi) is 4.29. The minimum absolute atomic E-state index is 0.135. The summed E-state index contributed by atoms with van der Waals surface area (Å²) in [4.78, 5) is 11.5. The Bertz CT molecular complexity index is 728. The fraction of sp³-hybridized carbons (Fsp3) is 0.471. The quantitative estimate of drug-likeness (QED) is 0.748. The van der Waals surface area contributed by atoms with Crippen LogP contribution in [0, 0.1) is 17.8 Å². The number of hydrogen-bond donors (Lipinski definition) is 2. The summed E-state index contributed by atoms with van der Waals surface area (Å²) in [6.45, 7) is 3.67. The molecule has 6 heteroatoms. The summed E-state index contributed by atoms with van der Waals surface area (Å²) in [5, 5.41) is 9.20. The molecule has 0 spiro atoms. The molecule has 4 atom stereocenters. The van der Waals surface area contributed by atoms with Crippen LogP contribution in [-0.4, -0.2) is 25.5 Å². The lowest BCUT2D eigenvalue weighted by atomic mass is 10.0. The van der Waals surface area contributed by atoms with Crippen LogP contribution in [0.25, 0.3) is 0 Å². The van der Waals surface area contributed by atoms with Crippen molar-refractivity contribution in [3.8, 4) is 0 Å². The zero-order valence-electron chi connectivity index (χ0n) is 12.8. The van der Waals surface area contributed by atoms with Gasteiger partial charge in [0.1, 0.15) is 0 Å². The molecule has 2 aliphatic carbocycles. The number of nitrogens with one attached hydrogen (secondary N) is 1. The number of allylic oxidation sites excluding steroid dienone is 1. The molecule has 3 rings (SSSR count). The molecule has 23 heavy (non-hydrogen) atoms. The Morgan fingerprint density at radius 3 is 2.70 bits per heavy atom. The van der Waals surface area contributed by atoms with Crippen LogP contribution in [0.15, 0.2) is 41.8 Å². The van der Waals surface area contributed by atoms with Gasteiger partial charge >= 0.3 is 5.97 Å². The van der Waals surface area contributed by atoms with Crippen LogP contribution in [0.4, 0.5) is 0 Å². The second-order valence-corrected chi connectivity index (χ2v) is 8.09. The maximum Gasteiger partial charge on any atom is 0.306 e. The Labute approximate surface area is 136 Å². The second-order valence-electron chi connectivity index (χ2n) is 6.41. The molecule has 0 aromatic heterocycles. The number of carboxylic acid groups (broad SMARTS) is 1. The van der Waals surface area contributed by atoms with Gasteiger partial charge < -0.3 is 5.11 Å². The number of benzene rings is 1. The molecule has 124 valence electrons. The van der Waals surface area contributed by atoms with Crippen molar-refractivity contribution in [1.29, 1.82) is 0 Å². The molecule has 0 bridgehead atoms. The number of carboxylic acids is 1. The standard InChI is InChI=1S/C17H21NO4S/c1-2-3-6-11-7-4-5-8-16(11)23(21,22)18-15-10-14(17(19)20)12-9-13(12)15/h2,4-5,7-8,12-15,18H,1,3,6,9-10H2,(H,19,20)/t12-,13+,14-,15+/m1/s1. The third-order valence-electron chi connectivity index (χ3n) is 4.94. The highest BCUT2D eigenvalue weighted by atomic mass is 32.2. The molecule has 0 unspecified atom stereocenters. The Morgan fingerprint density at radius 1 is 1.30 bits per heavy atom. The predicted octanol–water partition coefficient (Wildman–Crippen LogP) is 2.19. The number of aryl methyl sites for hydroxylation is 1. The Balaban J connectivity index is 1.78. The monoisotopic (exact) mass is 335 g/mol. The summed E-state index contributed by atoms with van der Waals surface area (Å²) in [7, 11) is -3.64. The maximum atomic E-state index is 12.7. The normalized spacial score (nSPS) is 29.0. The highest BCUT2D eigenvalue weighted by Crippen LogP contribution is 2.55. The molecule has 2 N–H and O–H groups in total. The van der Waals surface area contributed by atoms with Crippen molar-refractivity contribution in [1.82, 2.24) is 4.72 Å². The number of carbonyl (C=O) groups is 1. The third kappa shape index (κ3) is 3.19. The van der Waals surface area contributed by atoms with E-state index in [4.69, 9.17) is 0 Å². The summed E-state index contributed by atoms with van der Waals surface area (Å²) in [5.41, 5.74) is 0.764. The van der Waals surface area contributed by atoms with Crippen LogP contribution >= 0.6 is 0 Å². The lowest BCUT2D eigenvalue weighted by molar-refractivity contribution is -0.142. The molecule has 0 aliphatic heterocycles. The molecule has 5 nitrogen and oxygen atoms in total. The predicted molar refractivity (Wildman–Crippen MR) is 86.4 cm³/mol. The van der Waals surface area contributed by atoms with E-state index in [2.05, 4.69) is 11.3 Å². The van der Waals surface area contributed by atoms with E-state index in [1.165, 1.54) is 0 Å². The van der Waals surface area contributed by atoms with Crippen LogP contribution < -0.4 is 4.72 Å². The number of rotatable bonds is 7. The molecular formula is C17H21NO4S. The summed E-state index contributed by atoms with van der Waals surface area (Å²) >= 11 is 0. The van der Waals surface area contributed by atoms with E-state index in [0.717, 1.165) is 12.0 Å². The highest BCUT2D eigenvalue weighted by molar-refractivity contribution is 7.89. The fourth-order valence-electron chi connectivity index (χ4n) is 3.70. The van der Waals surface area contributed by atoms with Gasteiger partial charge in [-0.3, -0.25) is 4.79 Å². The molecule has 1 aromatic rings. The van der Waals surface area contributed by atoms with Crippen LogP contribution in [0.5, 0.6) is 0 Å². The first kappa shape index (κ1) is 16.2. The largest absolute Gasteiger partial charge is 0.481 e. The summed E-state index contributed by atoms with van der Waals surface area (Å²) in [6.07, 6.45) is 4.29. The first-order valence-electron chi connectivity index (χ1n) is 7.88. The summed E-state index contributed by atoms with van der Waals surface area (Å²) < 4.78 is 28.2. The third-order valence-corrected chi connectivity index (χ3v) is 6.53. The average Bonchev–Trinajstić information content (AvgIpc) is 3.22. The number of fused-ring (bicyclic) bond motifs is 1. The van der Waals surface area contributed by atoms with E-state index in [1.54, 1.807) is 18.2 Å². The van der Waals surface area contributed by atoms with Gasteiger partial charge in [-0.15, -0.1) is 6.58 Å². The topological polar surface area (TPSA) is 83.5 Å². The van der Waals surface area contributed by atoms with E-state index in [0.29, 0.717) is 19.3 Å². The van der Waals surface area contributed by atoms with Crippen LogP contribution in [-0.2, 0) is 21.2 Å². The lowest BCUT2D eigenvalue weighted by Crippen LogP contribution is -2.36. The summed E-state index contributed by atoms with van der Waals surface area (Å²) in [5.74, 6) is -0.920. The highest BCUT2D eigenvalue weighted by Gasteiger charge is 2.57. The van der Waals surface area contributed by atoms with Crippen molar-refractivity contribution < 1.29 is 18.3 Å². The Hall–Kier alpha value is -1.66. The Morgan fingerprint density at radius 2 is 2.04 bits per heavy atom. The first-order valence-corrected chi connectivity index (χ1v) is 9.36. The van der Waals surface area contributed by atoms with Crippen LogP contribution in [0.3, 0.4) is 0 Å². The van der Waals surface area contributed by atoms with E-state index >= 15 is 0 Å². The number of aliphatic carboxylic acids is 1. The van der Waals surface area contributed by atoms with Gasteiger partial charge in [0, 0.05) is 6.04 Å². The van der Waals surface area contributed by atoms with Gasteiger partial charge in [0.25, 0.3) is 0 Å². The van der Waals surface area contributed by atoms with Gasteiger partial charge in [-0.05, 0) is 49.1 Å². The molecule has 2 saturated carbocycles. The molecule has 0 amide bonds. The summed E-state index contributed by atoms with van der Waals surface area (Å²) in [6, 6.07) is 6.69. The smallest absolute Gasteiger partial charge is 0.306 e. The average molecular weight is 335 g/mol. The first-order chi connectivity index (χ1) is 10.9. The molecule has 0 radical (unpaired) electrons. The van der Waals surface area contributed by atoms with Crippen molar-refractivity contribution in [2.24, 2.45) is 17.8 Å². The SMILES string of the molecule is C=CCCc1ccccc1S(=O)(=O)N[C@H]1C[C@@H](C(=O)O)[C@@H]2C[C@@H]21. The van der Waals surface area contributed by atoms with E-state index in [1.807, 2.05) is 12.1 Å². The molecule has 2 fully saturated rings. The molecule has 0 saturated heterocycles. The van der Waals surface area contributed by atoms with Gasteiger partial charge in [0.15, 0.2) is 0 Å². The number of sulfonamides is 1. The minimum Gasteiger partial charge on any atom is -0.481 e. The minimum atomic E-state index is -3.64. The second kappa shape index (κ2) is 6.09. The molecule has 2 aliphatic rings. The zero-order valence-corrected chi connectivity index (χ0v) is 13.6. The molecular weight excluding hydrogens is 314 g/mol. The molecule has 0 heterocycles. The maximum absolute atomic E-state index is 12.7. The van der Waals surface area contributed by atoms with Crippen molar-refractivity contribution in [2.45, 2.75) is 36.6 Å². The van der Waals surface area contributed by atoms with Crippen molar-refractivity contribution in [2.75, 3.05) is 0 Å². The molecule has 1 aromatic carbocycles. The van der Waals surface area contributed by atoms with Crippen molar-refractivity contribution in [3.63, 3.8) is 0 Å². The number of hydrogen-bond acceptors (Lipinski definition) is 3. The van der Waals surface area contributed by atoms with Gasteiger partial charge in [0.2, 0.25) is 10.0 Å². The van der Waals surface area contributed by atoms with Gasteiger partial charge in [-0.2, -0.15) is 0 Å². The zero-order chi connectivity index (χ0) is 16.6. The van der Waals surface area contributed by atoms with Gasteiger partial charge in [-0.25, -0.2) is 13.1 Å². The van der Waals surface area contributed by atoms with E-state index < -0.39 is 21.9 Å². The van der Waals surface area contributed by atoms with E-state index in [-0.39, 0.29) is 22.8 Å². The van der Waals surface area contributed by atoms with Crippen molar-refractivity contribution in [3.05, 3.63) is 42.5 Å². The fourth-order valence-corrected chi connectivity index (χ4v) is 5.27. The van der Waals surface area contributed by atoms with Gasteiger partial charge in [0.05, 0.1) is 10.8 Å². The van der Waals surface area contributed by atoms with Crippen LogP contribution in [0.2, 0.25) is 0 Å². The van der Waals surface area contributed by atoms with E-state index in [9.17, 15) is 18.3 Å². The van der Waals surface area contributed by atoms with Gasteiger partial charge in [-0.1, -0.05) is 24.3 Å². The lowest BCUT2D eigenvalue weighted by Gasteiger charge is -2.17. The van der Waals surface area contributed by atoms with Crippen LogP contribution in [0.1, 0.15) is 24.8 Å².